The number of rotatable bonds is 3. The standard InChI is InChI=1S/C19H17F3N4O/c1-10-16-8-13(9-23-17(16)26-25-10)18(27)24-15-6-12(7-15)11-3-2-4-14(5-11)19(20,21)22/h2-5,8-9,12,15H,6-7H2,1H3,(H,24,27)(H,23,25,26). The Morgan fingerprint density at radius 1 is 1.26 bits per heavy atom. The van der Waals surface area contributed by atoms with E-state index in [1.165, 1.54) is 18.3 Å². The van der Waals surface area contributed by atoms with E-state index in [2.05, 4.69) is 20.5 Å². The quantitative estimate of drug-likeness (QED) is 0.729. The molecule has 2 heterocycles. The van der Waals surface area contributed by atoms with Crippen LogP contribution in [0.2, 0.25) is 0 Å². The molecule has 0 radical (unpaired) electrons. The number of alkyl halides is 3. The summed E-state index contributed by atoms with van der Waals surface area (Å²) in [4.78, 5) is 16.6. The maximum absolute atomic E-state index is 12.8. The Bertz CT molecular complexity index is 1010. The predicted molar refractivity (Wildman–Crippen MR) is 93.3 cm³/mol. The van der Waals surface area contributed by atoms with E-state index in [4.69, 9.17) is 0 Å². The second-order valence-electron chi connectivity index (χ2n) is 6.91. The van der Waals surface area contributed by atoms with Crippen LogP contribution in [0.4, 0.5) is 13.2 Å². The average Bonchev–Trinajstić information content (AvgIpc) is 2.97. The van der Waals surface area contributed by atoms with Crippen molar-refractivity contribution in [1.82, 2.24) is 20.5 Å². The summed E-state index contributed by atoms with van der Waals surface area (Å²) in [6.45, 7) is 1.85. The van der Waals surface area contributed by atoms with E-state index in [-0.39, 0.29) is 17.9 Å². The Balaban J connectivity index is 1.40. The van der Waals surface area contributed by atoms with Crippen LogP contribution in [0, 0.1) is 6.92 Å². The number of nitrogens with zero attached hydrogens (tertiary/aromatic N) is 2. The molecule has 3 aromatic rings. The maximum atomic E-state index is 12.8. The van der Waals surface area contributed by atoms with Gasteiger partial charge in [0, 0.05) is 23.3 Å². The van der Waals surface area contributed by atoms with Crippen LogP contribution in [0.5, 0.6) is 0 Å². The van der Waals surface area contributed by atoms with Crippen LogP contribution >= 0.6 is 0 Å². The zero-order valence-electron chi connectivity index (χ0n) is 14.5. The molecule has 0 saturated heterocycles. The van der Waals surface area contributed by atoms with E-state index >= 15 is 0 Å². The summed E-state index contributed by atoms with van der Waals surface area (Å²) in [5, 5.41) is 10.6. The van der Waals surface area contributed by atoms with Gasteiger partial charge >= 0.3 is 6.18 Å². The fourth-order valence-corrected chi connectivity index (χ4v) is 3.39. The SMILES string of the molecule is Cc1[nH]nc2ncc(C(=O)NC3CC(c4cccc(C(F)(F)F)c4)C3)cc12. The van der Waals surface area contributed by atoms with Crippen LogP contribution in [0.15, 0.2) is 36.5 Å². The highest BCUT2D eigenvalue weighted by atomic mass is 19.4. The molecule has 1 aliphatic carbocycles. The van der Waals surface area contributed by atoms with E-state index in [0.717, 1.165) is 17.1 Å². The second kappa shape index (κ2) is 6.37. The number of aromatic amines is 1. The lowest BCUT2D eigenvalue weighted by Gasteiger charge is -2.36. The van der Waals surface area contributed by atoms with Crippen molar-refractivity contribution < 1.29 is 18.0 Å². The first-order valence-corrected chi connectivity index (χ1v) is 8.60. The highest BCUT2D eigenvalue weighted by Gasteiger charge is 2.35. The van der Waals surface area contributed by atoms with Gasteiger partial charge in [-0.05, 0) is 43.4 Å². The third kappa shape index (κ3) is 3.39. The first kappa shape index (κ1) is 17.5. The molecule has 1 aliphatic rings. The summed E-state index contributed by atoms with van der Waals surface area (Å²) in [5.74, 6) is -0.216. The minimum Gasteiger partial charge on any atom is -0.349 e. The zero-order chi connectivity index (χ0) is 19.2. The molecule has 5 nitrogen and oxygen atoms in total. The van der Waals surface area contributed by atoms with Gasteiger partial charge in [0.05, 0.1) is 11.1 Å². The third-order valence-corrected chi connectivity index (χ3v) is 5.02. The van der Waals surface area contributed by atoms with E-state index in [1.807, 2.05) is 6.92 Å². The van der Waals surface area contributed by atoms with Crippen molar-refractivity contribution in [1.29, 1.82) is 0 Å². The van der Waals surface area contributed by atoms with E-state index in [0.29, 0.717) is 29.6 Å². The number of carbonyl (C=O) groups excluding carboxylic acids is 1. The number of aromatic nitrogens is 3. The van der Waals surface area contributed by atoms with E-state index < -0.39 is 11.7 Å². The molecule has 1 aromatic carbocycles. The van der Waals surface area contributed by atoms with Crippen LogP contribution < -0.4 is 5.32 Å². The van der Waals surface area contributed by atoms with Gasteiger partial charge in [0.25, 0.3) is 5.91 Å². The van der Waals surface area contributed by atoms with Crippen LogP contribution in [-0.4, -0.2) is 27.1 Å². The van der Waals surface area contributed by atoms with E-state index in [1.54, 1.807) is 12.1 Å². The Hall–Kier alpha value is -2.90. The smallest absolute Gasteiger partial charge is 0.349 e. The summed E-state index contributed by atoms with van der Waals surface area (Å²) in [7, 11) is 0. The molecule has 2 aromatic heterocycles. The molecule has 4 rings (SSSR count). The number of H-pyrrole nitrogens is 1. The Labute approximate surface area is 153 Å². The molecule has 0 bridgehead atoms. The molecule has 27 heavy (non-hydrogen) atoms. The molecule has 0 atom stereocenters. The van der Waals surface area contributed by atoms with Gasteiger partial charge < -0.3 is 5.32 Å². The molecule has 8 heteroatoms. The van der Waals surface area contributed by atoms with Crippen molar-refractivity contribution >= 4 is 16.9 Å². The van der Waals surface area contributed by atoms with Crippen LogP contribution in [0.1, 0.15) is 45.9 Å². The molecule has 1 saturated carbocycles. The first-order chi connectivity index (χ1) is 12.8. The number of benzene rings is 1. The summed E-state index contributed by atoms with van der Waals surface area (Å²) < 4.78 is 38.5. The lowest BCUT2D eigenvalue weighted by atomic mass is 9.75. The topological polar surface area (TPSA) is 70.7 Å². The number of carbonyl (C=O) groups is 1. The number of nitrogens with one attached hydrogen (secondary N) is 2. The van der Waals surface area contributed by atoms with Gasteiger partial charge in [-0.2, -0.15) is 18.3 Å². The number of hydrogen-bond donors (Lipinski definition) is 2. The van der Waals surface area contributed by atoms with Gasteiger partial charge in [-0.25, -0.2) is 4.98 Å². The van der Waals surface area contributed by atoms with Crippen LogP contribution in [0.3, 0.4) is 0 Å². The van der Waals surface area contributed by atoms with Crippen LogP contribution in [0.25, 0.3) is 11.0 Å². The monoisotopic (exact) mass is 374 g/mol. The molecule has 1 amide bonds. The van der Waals surface area contributed by atoms with Crippen LogP contribution in [-0.2, 0) is 6.18 Å². The van der Waals surface area contributed by atoms with Gasteiger partial charge in [0.15, 0.2) is 5.65 Å². The molecule has 2 N–H and O–H groups in total. The lowest BCUT2D eigenvalue weighted by Crippen LogP contribution is -2.43. The molecular weight excluding hydrogens is 357 g/mol. The van der Waals surface area contributed by atoms with Crippen molar-refractivity contribution in [2.45, 2.75) is 37.9 Å². The molecule has 140 valence electrons. The van der Waals surface area contributed by atoms with Gasteiger partial charge in [-0.3, -0.25) is 9.89 Å². The number of pyridine rings is 1. The molecule has 0 spiro atoms. The van der Waals surface area contributed by atoms with Crippen molar-refractivity contribution in [2.75, 3.05) is 0 Å². The van der Waals surface area contributed by atoms with Gasteiger partial charge in [0.1, 0.15) is 0 Å². The maximum Gasteiger partial charge on any atom is 0.416 e. The fourth-order valence-electron chi connectivity index (χ4n) is 3.39. The summed E-state index contributed by atoms with van der Waals surface area (Å²) in [5.41, 5.74) is 1.85. The van der Waals surface area contributed by atoms with Gasteiger partial charge in [0.2, 0.25) is 0 Å². The Morgan fingerprint density at radius 3 is 2.78 bits per heavy atom. The number of amides is 1. The van der Waals surface area contributed by atoms with Crippen molar-refractivity contribution in [3.8, 4) is 0 Å². The zero-order valence-corrected chi connectivity index (χ0v) is 14.5. The molecular formula is C19H17F3N4O. The average molecular weight is 374 g/mol. The number of halogens is 3. The highest BCUT2D eigenvalue weighted by molar-refractivity contribution is 5.97. The minimum absolute atomic E-state index is 0.0225. The van der Waals surface area contributed by atoms with Crippen molar-refractivity contribution in [3.63, 3.8) is 0 Å². The van der Waals surface area contributed by atoms with E-state index in [9.17, 15) is 18.0 Å². The van der Waals surface area contributed by atoms with Gasteiger partial charge in [-0.1, -0.05) is 18.2 Å². The highest BCUT2D eigenvalue weighted by Crippen LogP contribution is 2.39. The van der Waals surface area contributed by atoms with Crippen molar-refractivity contribution in [3.05, 3.63) is 58.9 Å². The second-order valence-corrected chi connectivity index (χ2v) is 6.91. The number of hydrogen-bond acceptors (Lipinski definition) is 3. The molecule has 0 unspecified atom stereocenters. The van der Waals surface area contributed by atoms with Crippen molar-refractivity contribution in [2.24, 2.45) is 0 Å². The predicted octanol–water partition coefficient (Wildman–Crippen LogP) is 3.96. The number of aryl methyl sites for hydroxylation is 1. The molecule has 1 fully saturated rings. The number of fused-ring (bicyclic) bond motifs is 1. The Kier molecular flexibility index (Phi) is 4.13. The minimum atomic E-state index is -4.34. The largest absolute Gasteiger partial charge is 0.416 e. The normalized spacial score (nSPS) is 19.7. The lowest BCUT2D eigenvalue weighted by molar-refractivity contribution is -0.137. The first-order valence-electron chi connectivity index (χ1n) is 8.60. The van der Waals surface area contributed by atoms with Gasteiger partial charge in [-0.15, -0.1) is 0 Å². The summed E-state index contributed by atoms with van der Waals surface area (Å²) >= 11 is 0. The Morgan fingerprint density at radius 2 is 2.04 bits per heavy atom. The summed E-state index contributed by atoms with van der Waals surface area (Å²) in [6.07, 6.45) is -1.63. The fraction of sp³-hybridized carbons (Fsp3) is 0.316. The third-order valence-electron chi connectivity index (χ3n) is 5.02. The molecule has 0 aliphatic heterocycles. The summed E-state index contributed by atoms with van der Waals surface area (Å²) in [6, 6.07) is 7.08.